The summed E-state index contributed by atoms with van der Waals surface area (Å²) in [5.41, 5.74) is 5.56. The minimum absolute atomic E-state index is 0.596. The summed E-state index contributed by atoms with van der Waals surface area (Å²) >= 11 is 1.73. The number of hydrogen-bond donors (Lipinski definition) is 1. The fourth-order valence-corrected chi connectivity index (χ4v) is 4.75. The van der Waals surface area contributed by atoms with Crippen LogP contribution in [0.15, 0.2) is 48.5 Å². The van der Waals surface area contributed by atoms with Crippen molar-refractivity contribution in [3.63, 3.8) is 0 Å². The Morgan fingerprint density at radius 2 is 2.00 bits per heavy atom. The normalized spacial score (nSPS) is 11.8. The van der Waals surface area contributed by atoms with Gasteiger partial charge in [0, 0.05) is 22.3 Å². The lowest BCUT2D eigenvalue weighted by Crippen LogP contribution is -2.07. The smallest absolute Gasteiger partial charge is 0.156 e. The maximum absolute atomic E-state index is 9.65. The average molecular weight is 370 g/mol. The van der Waals surface area contributed by atoms with Gasteiger partial charge >= 0.3 is 0 Å². The molecule has 5 aromatic rings. The standard InChI is InChI=1S/C22H18N4S/c1-13(2)12-24-15-7-8-16-19(10-15)27-20-9-14(11-23)22-25-17-5-3-4-6-18(17)26(22)21(16)20/h3-10,13,24H,12H2,1-2H3. The van der Waals surface area contributed by atoms with Gasteiger partial charge in [0.2, 0.25) is 0 Å². The van der Waals surface area contributed by atoms with E-state index in [1.54, 1.807) is 11.3 Å². The van der Waals surface area contributed by atoms with Gasteiger partial charge in [-0.1, -0.05) is 26.0 Å². The number of nitrogens with zero attached hydrogens (tertiary/aromatic N) is 3. The first-order valence-corrected chi connectivity index (χ1v) is 9.88. The zero-order valence-corrected chi connectivity index (χ0v) is 16.0. The van der Waals surface area contributed by atoms with Crippen molar-refractivity contribution in [3.8, 4) is 6.07 Å². The van der Waals surface area contributed by atoms with E-state index < -0.39 is 0 Å². The van der Waals surface area contributed by atoms with Crippen LogP contribution in [0.4, 0.5) is 5.69 Å². The lowest BCUT2D eigenvalue weighted by atomic mass is 10.1. The van der Waals surface area contributed by atoms with Crippen molar-refractivity contribution < 1.29 is 0 Å². The van der Waals surface area contributed by atoms with Crippen LogP contribution in [0.2, 0.25) is 0 Å². The number of hydrogen-bond acceptors (Lipinski definition) is 4. The topological polar surface area (TPSA) is 53.1 Å². The van der Waals surface area contributed by atoms with E-state index in [0.29, 0.717) is 11.5 Å². The maximum Gasteiger partial charge on any atom is 0.156 e. The second-order valence-electron chi connectivity index (χ2n) is 7.23. The molecule has 1 N–H and O–H groups in total. The third-order valence-electron chi connectivity index (χ3n) is 4.83. The van der Waals surface area contributed by atoms with Crippen molar-refractivity contribution in [1.29, 1.82) is 5.26 Å². The van der Waals surface area contributed by atoms with E-state index >= 15 is 0 Å². The Morgan fingerprint density at radius 3 is 2.81 bits per heavy atom. The number of thiophene rings is 1. The number of rotatable bonds is 3. The molecule has 5 rings (SSSR count). The van der Waals surface area contributed by atoms with Crippen molar-refractivity contribution >= 4 is 54.0 Å². The van der Waals surface area contributed by atoms with Crippen LogP contribution in [0.1, 0.15) is 19.4 Å². The van der Waals surface area contributed by atoms with Crippen LogP contribution in [0.25, 0.3) is 37.0 Å². The molecule has 0 aliphatic carbocycles. The zero-order valence-electron chi connectivity index (χ0n) is 15.2. The molecule has 0 amide bonds. The predicted octanol–water partition coefficient (Wildman–Crippen LogP) is 5.79. The Bertz CT molecular complexity index is 1370. The van der Waals surface area contributed by atoms with Crippen LogP contribution < -0.4 is 5.32 Å². The Morgan fingerprint density at radius 1 is 1.15 bits per heavy atom. The fraction of sp³-hybridized carbons (Fsp3) is 0.182. The maximum atomic E-state index is 9.65. The van der Waals surface area contributed by atoms with Gasteiger partial charge in [-0.05, 0) is 42.3 Å². The van der Waals surface area contributed by atoms with Gasteiger partial charge in [0.15, 0.2) is 5.65 Å². The molecule has 0 spiro atoms. The highest BCUT2D eigenvalue weighted by molar-refractivity contribution is 7.25. The van der Waals surface area contributed by atoms with Gasteiger partial charge in [-0.3, -0.25) is 4.40 Å². The molecule has 0 atom stereocenters. The van der Waals surface area contributed by atoms with Gasteiger partial charge in [-0.25, -0.2) is 4.98 Å². The molecule has 3 heterocycles. The Kier molecular flexibility index (Phi) is 3.56. The molecular weight excluding hydrogens is 352 g/mol. The first-order chi connectivity index (χ1) is 13.2. The van der Waals surface area contributed by atoms with Crippen LogP contribution in [0.3, 0.4) is 0 Å². The minimum Gasteiger partial charge on any atom is -0.385 e. The molecular formula is C22H18N4S. The number of aromatic nitrogens is 2. The highest BCUT2D eigenvalue weighted by Crippen LogP contribution is 2.38. The molecule has 0 bridgehead atoms. The molecule has 0 aliphatic heterocycles. The molecule has 0 aliphatic rings. The van der Waals surface area contributed by atoms with Gasteiger partial charge in [-0.15, -0.1) is 11.3 Å². The molecule has 5 heteroatoms. The van der Waals surface area contributed by atoms with Gasteiger partial charge < -0.3 is 5.32 Å². The summed E-state index contributed by atoms with van der Waals surface area (Å²) in [6.07, 6.45) is 0. The van der Waals surface area contributed by atoms with Gasteiger partial charge in [0.25, 0.3) is 0 Å². The largest absolute Gasteiger partial charge is 0.385 e. The summed E-state index contributed by atoms with van der Waals surface area (Å²) in [5.74, 6) is 0.596. The fourth-order valence-electron chi connectivity index (χ4n) is 3.57. The number of nitrogens with one attached hydrogen (secondary N) is 1. The number of nitriles is 1. The van der Waals surface area contributed by atoms with Crippen molar-refractivity contribution in [2.75, 3.05) is 11.9 Å². The van der Waals surface area contributed by atoms with E-state index in [4.69, 9.17) is 4.98 Å². The quantitative estimate of drug-likeness (QED) is 0.437. The summed E-state index contributed by atoms with van der Waals surface area (Å²) in [7, 11) is 0. The Hall–Kier alpha value is -3.10. The molecule has 0 saturated carbocycles. The molecule has 2 aromatic carbocycles. The van der Waals surface area contributed by atoms with Crippen LogP contribution in [0, 0.1) is 17.2 Å². The first-order valence-electron chi connectivity index (χ1n) is 9.06. The summed E-state index contributed by atoms with van der Waals surface area (Å²) in [6.45, 7) is 5.36. The van der Waals surface area contributed by atoms with Gasteiger partial charge in [0.1, 0.15) is 6.07 Å². The van der Waals surface area contributed by atoms with Crippen LogP contribution >= 0.6 is 11.3 Å². The highest BCUT2D eigenvalue weighted by atomic mass is 32.1. The van der Waals surface area contributed by atoms with E-state index in [2.05, 4.69) is 53.9 Å². The number of pyridine rings is 1. The lowest BCUT2D eigenvalue weighted by molar-refractivity contribution is 0.689. The van der Waals surface area contributed by atoms with E-state index in [-0.39, 0.29) is 0 Å². The average Bonchev–Trinajstić information content (AvgIpc) is 3.22. The highest BCUT2D eigenvalue weighted by Gasteiger charge is 2.16. The summed E-state index contributed by atoms with van der Waals surface area (Å²) in [5, 5.41) is 14.3. The lowest BCUT2D eigenvalue weighted by Gasteiger charge is -2.08. The van der Waals surface area contributed by atoms with E-state index in [0.717, 1.165) is 39.1 Å². The number of benzene rings is 2. The number of fused-ring (bicyclic) bond motifs is 7. The van der Waals surface area contributed by atoms with Gasteiger partial charge in [-0.2, -0.15) is 5.26 Å². The SMILES string of the molecule is CC(C)CNc1ccc2c(c1)sc1cc(C#N)c3nc4ccccc4n3c12. The zero-order chi connectivity index (χ0) is 18.5. The summed E-state index contributed by atoms with van der Waals surface area (Å²) < 4.78 is 4.47. The van der Waals surface area contributed by atoms with E-state index in [1.165, 1.54) is 10.1 Å². The third kappa shape index (κ3) is 2.45. The monoisotopic (exact) mass is 370 g/mol. The second kappa shape index (κ2) is 5.97. The molecule has 0 fully saturated rings. The predicted molar refractivity (Wildman–Crippen MR) is 114 cm³/mol. The van der Waals surface area contributed by atoms with E-state index in [1.807, 2.05) is 24.3 Å². The Balaban J connectivity index is 1.86. The van der Waals surface area contributed by atoms with Crippen LogP contribution in [-0.4, -0.2) is 15.9 Å². The molecule has 132 valence electrons. The van der Waals surface area contributed by atoms with E-state index in [9.17, 15) is 5.26 Å². The number of anilines is 1. The number of para-hydroxylation sites is 2. The van der Waals surface area contributed by atoms with Gasteiger partial charge in [0.05, 0.1) is 26.8 Å². The van der Waals surface area contributed by atoms with Crippen molar-refractivity contribution in [2.45, 2.75) is 13.8 Å². The summed E-state index contributed by atoms with van der Waals surface area (Å²) in [4.78, 5) is 4.72. The number of imidazole rings is 1. The molecule has 0 radical (unpaired) electrons. The third-order valence-corrected chi connectivity index (χ3v) is 5.91. The van der Waals surface area contributed by atoms with Crippen molar-refractivity contribution in [1.82, 2.24) is 9.38 Å². The van der Waals surface area contributed by atoms with Crippen LogP contribution in [0.5, 0.6) is 0 Å². The molecule has 0 unspecified atom stereocenters. The van der Waals surface area contributed by atoms with Crippen LogP contribution in [-0.2, 0) is 0 Å². The minimum atomic E-state index is 0.596. The summed E-state index contributed by atoms with van der Waals surface area (Å²) in [6, 6.07) is 18.9. The van der Waals surface area contributed by atoms with Crippen molar-refractivity contribution in [3.05, 3.63) is 54.1 Å². The molecule has 4 nitrogen and oxygen atoms in total. The first kappa shape index (κ1) is 16.1. The second-order valence-corrected chi connectivity index (χ2v) is 8.31. The van der Waals surface area contributed by atoms with Crippen molar-refractivity contribution in [2.24, 2.45) is 5.92 Å². The molecule has 0 saturated heterocycles. The molecule has 3 aromatic heterocycles. The molecule has 27 heavy (non-hydrogen) atoms. The Labute approximate surface area is 160 Å².